The molecule has 1 saturated heterocycles. The van der Waals surface area contributed by atoms with Crippen LogP contribution in [0.25, 0.3) is 6.08 Å². The monoisotopic (exact) mass is 372 g/mol. The minimum Gasteiger partial charge on any atom is -0.349 e. The second-order valence-electron chi connectivity index (χ2n) is 5.59. The Bertz CT molecular complexity index is 819. The van der Waals surface area contributed by atoms with Crippen molar-refractivity contribution in [3.05, 3.63) is 40.8 Å². The summed E-state index contributed by atoms with van der Waals surface area (Å²) in [5, 5.41) is 5.93. The Kier molecular flexibility index (Phi) is 5.47. The van der Waals surface area contributed by atoms with Gasteiger partial charge in [0.05, 0.1) is 4.91 Å². The minimum absolute atomic E-state index is 0.0716. The number of rotatable bonds is 5. The van der Waals surface area contributed by atoms with Crippen LogP contribution in [0.4, 0.5) is 4.79 Å². The average molecular weight is 372 g/mol. The van der Waals surface area contributed by atoms with E-state index in [1.54, 1.807) is 6.08 Å². The third-order valence-corrected chi connectivity index (χ3v) is 4.67. The van der Waals surface area contributed by atoms with Crippen LogP contribution in [0, 0.1) is 0 Å². The van der Waals surface area contributed by atoms with E-state index in [-0.39, 0.29) is 48.7 Å². The molecule has 0 saturated carbocycles. The van der Waals surface area contributed by atoms with Crippen molar-refractivity contribution in [2.45, 2.75) is 12.8 Å². The van der Waals surface area contributed by atoms with Gasteiger partial charge in [-0.2, -0.15) is 5.10 Å². The van der Waals surface area contributed by atoms with E-state index in [1.165, 1.54) is 0 Å². The first kappa shape index (κ1) is 17.9. The first-order valence-electron chi connectivity index (χ1n) is 7.98. The second-order valence-corrected chi connectivity index (χ2v) is 6.59. The zero-order chi connectivity index (χ0) is 18.5. The van der Waals surface area contributed by atoms with Crippen molar-refractivity contribution >= 4 is 46.5 Å². The number of carbonyl (C=O) groups excluding carboxylic acids is 4. The van der Waals surface area contributed by atoms with Gasteiger partial charge in [-0.3, -0.25) is 24.1 Å². The summed E-state index contributed by atoms with van der Waals surface area (Å²) in [5.41, 5.74) is 3.31. The van der Waals surface area contributed by atoms with Crippen LogP contribution in [0.3, 0.4) is 0 Å². The van der Waals surface area contributed by atoms with Crippen LogP contribution in [0.5, 0.6) is 0 Å². The molecule has 2 aliphatic rings. The third-order valence-electron chi connectivity index (χ3n) is 3.76. The van der Waals surface area contributed by atoms with Crippen molar-refractivity contribution in [3.63, 3.8) is 0 Å². The van der Waals surface area contributed by atoms with Gasteiger partial charge < -0.3 is 5.32 Å². The molecule has 3 rings (SSSR count). The van der Waals surface area contributed by atoms with Gasteiger partial charge in [-0.1, -0.05) is 30.3 Å². The number of nitrogens with one attached hydrogen (secondary N) is 2. The third kappa shape index (κ3) is 4.17. The van der Waals surface area contributed by atoms with E-state index in [2.05, 4.69) is 15.8 Å². The maximum absolute atomic E-state index is 12.4. The van der Waals surface area contributed by atoms with Gasteiger partial charge >= 0.3 is 0 Å². The Hall–Kier alpha value is -2.94. The molecule has 2 aliphatic heterocycles. The standard InChI is InChI=1S/C17H16N4O4S/c22-14-7-6-12(19-20-14)15(23)18-8-9-21-16(24)13(26-17(21)25)10-11-4-2-1-3-5-11/h1-5,10H,6-9H2,(H,18,23)(H,20,22). The van der Waals surface area contributed by atoms with Crippen molar-refractivity contribution in [2.75, 3.05) is 13.1 Å². The summed E-state index contributed by atoms with van der Waals surface area (Å²) in [4.78, 5) is 48.8. The van der Waals surface area contributed by atoms with Crippen molar-refractivity contribution in [1.29, 1.82) is 0 Å². The van der Waals surface area contributed by atoms with Gasteiger partial charge in [0.1, 0.15) is 5.71 Å². The lowest BCUT2D eigenvalue weighted by Crippen LogP contribution is -2.41. The van der Waals surface area contributed by atoms with Gasteiger partial charge in [-0.25, -0.2) is 5.43 Å². The SMILES string of the molecule is O=C1CCC(C(=O)NCCN2C(=O)SC(=Cc3ccccc3)C2=O)=NN1. The topological polar surface area (TPSA) is 108 Å². The number of thioether (sulfide) groups is 1. The van der Waals surface area contributed by atoms with Crippen LogP contribution >= 0.6 is 11.8 Å². The van der Waals surface area contributed by atoms with Crippen molar-refractivity contribution in [3.8, 4) is 0 Å². The number of carbonyl (C=O) groups is 4. The maximum Gasteiger partial charge on any atom is 0.293 e. The molecule has 1 aromatic carbocycles. The molecule has 1 fully saturated rings. The summed E-state index contributed by atoms with van der Waals surface area (Å²) in [7, 11) is 0. The number of imide groups is 1. The predicted molar refractivity (Wildman–Crippen MR) is 96.9 cm³/mol. The first-order valence-corrected chi connectivity index (χ1v) is 8.80. The highest BCUT2D eigenvalue weighted by Crippen LogP contribution is 2.31. The largest absolute Gasteiger partial charge is 0.349 e. The Balaban J connectivity index is 1.54. The molecule has 0 bridgehead atoms. The zero-order valence-electron chi connectivity index (χ0n) is 13.7. The first-order chi connectivity index (χ1) is 12.5. The van der Waals surface area contributed by atoms with Crippen LogP contribution in [0.1, 0.15) is 18.4 Å². The van der Waals surface area contributed by atoms with E-state index in [0.717, 1.165) is 22.2 Å². The molecule has 1 aromatic rings. The van der Waals surface area contributed by atoms with Gasteiger partial charge in [-0.15, -0.1) is 0 Å². The van der Waals surface area contributed by atoms with E-state index in [0.29, 0.717) is 4.91 Å². The fourth-order valence-electron chi connectivity index (χ4n) is 2.41. The lowest BCUT2D eigenvalue weighted by molar-refractivity contribution is -0.123. The molecule has 2 heterocycles. The fourth-order valence-corrected chi connectivity index (χ4v) is 3.28. The maximum atomic E-state index is 12.4. The Morgan fingerprint density at radius 3 is 2.69 bits per heavy atom. The average Bonchev–Trinajstić information content (AvgIpc) is 2.90. The molecule has 0 aliphatic carbocycles. The van der Waals surface area contributed by atoms with Gasteiger partial charge in [0, 0.05) is 25.9 Å². The zero-order valence-corrected chi connectivity index (χ0v) is 14.5. The van der Waals surface area contributed by atoms with Gasteiger partial charge in [0.2, 0.25) is 5.91 Å². The second kappa shape index (κ2) is 7.96. The molecule has 0 unspecified atom stereocenters. The minimum atomic E-state index is -0.420. The fraction of sp³-hybridized carbons (Fsp3) is 0.235. The van der Waals surface area contributed by atoms with Crippen molar-refractivity contribution < 1.29 is 19.2 Å². The molecule has 0 atom stereocenters. The molecule has 0 spiro atoms. The van der Waals surface area contributed by atoms with E-state index in [4.69, 9.17) is 0 Å². The lowest BCUT2D eigenvalue weighted by Gasteiger charge is -2.14. The number of benzene rings is 1. The van der Waals surface area contributed by atoms with Crippen molar-refractivity contribution in [1.82, 2.24) is 15.6 Å². The van der Waals surface area contributed by atoms with E-state index in [9.17, 15) is 19.2 Å². The summed E-state index contributed by atoms with van der Waals surface area (Å²) < 4.78 is 0. The molecule has 4 amide bonds. The van der Waals surface area contributed by atoms with Gasteiger partial charge in [0.25, 0.3) is 17.1 Å². The number of hydrogen-bond acceptors (Lipinski definition) is 6. The van der Waals surface area contributed by atoms with Crippen LogP contribution in [-0.4, -0.2) is 46.7 Å². The Morgan fingerprint density at radius 1 is 1.23 bits per heavy atom. The molecule has 9 heteroatoms. The van der Waals surface area contributed by atoms with Crippen LogP contribution < -0.4 is 10.7 Å². The Morgan fingerprint density at radius 2 is 2.00 bits per heavy atom. The molecule has 134 valence electrons. The predicted octanol–water partition coefficient (Wildman–Crippen LogP) is 1.11. The highest BCUT2D eigenvalue weighted by molar-refractivity contribution is 8.18. The smallest absolute Gasteiger partial charge is 0.293 e. The van der Waals surface area contributed by atoms with Crippen molar-refractivity contribution in [2.24, 2.45) is 5.10 Å². The van der Waals surface area contributed by atoms with E-state index < -0.39 is 5.91 Å². The van der Waals surface area contributed by atoms with Crippen LogP contribution in [-0.2, 0) is 14.4 Å². The highest BCUT2D eigenvalue weighted by atomic mass is 32.2. The summed E-state index contributed by atoms with van der Waals surface area (Å²) in [6.45, 7) is 0.185. The number of amides is 4. The molecule has 2 N–H and O–H groups in total. The molecular formula is C17H16N4O4S. The normalized spacial score (nSPS) is 18.8. The van der Waals surface area contributed by atoms with Gasteiger partial charge in [0.15, 0.2) is 0 Å². The van der Waals surface area contributed by atoms with Gasteiger partial charge in [-0.05, 0) is 23.4 Å². The molecule has 0 radical (unpaired) electrons. The quantitative estimate of drug-likeness (QED) is 0.753. The highest BCUT2D eigenvalue weighted by Gasteiger charge is 2.34. The number of nitrogens with zero attached hydrogens (tertiary/aromatic N) is 2. The summed E-state index contributed by atoms with van der Waals surface area (Å²) in [6, 6.07) is 9.26. The molecule has 26 heavy (non-hydrogen) atoms. The van der Waals surface area contributed by atoms with Crippen LogP contribution in [0.15, 0.2) is 40.3 Å². The van der Waals surface area contributed by atoms with E-state index >= 15 is 0 Å². The van der Waals surface area contributed by atoms with Crippen LogP contribution in [0.2, 0.25) is 0 Å². The Labute approximate surface area is 153 Å². The summed E-state index contributed by atoms with van der Waals surface area (Å²) >= 11 is 0.878. The number of hydrogen-bond donors (Lipinski definition) is 2. The summed E-state index contributed by atoms with van der Waals surface area (Å²) in [5.74, 6) is -1.03. The molecule has 0 aromatic heterocycles. The summed E-state index contributed by atoms with van der Waals surface area (Å²) in [6.07, 6.45) is 2.14. The van der Waals surface area contributed by atoms with E-state index in [1.807, 2.05) is 30.3 Å². The number of hydrazone groups is 1. The molecule has 8 nitrogen and oxygen atoms in total. The molecular weight excluding hydrogens is 356 g/mol. The lowest BCUT2D eigenvalue weighted by atomic mass is 10.1.